The molecule has 1 heterocycles. The van der Waals surface area contributed by atoms with Crippen LogP contribution in [0.5, 0.6) is 0 Å². The fraction of sp³-hybridized carbons (Fsp3) is 0.333. The Morgan fingerprint density at radius 1 is 1.45 bits per heavy atom. The molecule has 20 heavy (non-hydrogen) atoms. The number of halogens is 1. The van der Waals surface area contributed by atoms with Crippen molar-refractivity contribution in [3.63, 3.8) is 0 Å². The largest absolute Gasteiger partial charge is 0.352 e. The summed E-state index contributed by atoms with van der Waals surface area (Å²) >= 11 is 5.95. The molecule has 4 nitrogen and oxygen atoms in total. The number of amides is 1. The van der Waals surface area contributed by atoms with E-state index < -0.39 is 0 Å². The molecule has 2 aromatic rings. The van der Waals surface area contributed by atoms with E-state index in [4.69, 9.17) is 11.6 Å². The summed E-state index contributed by atoms with van der Waals surface area (Å²) < 4.78 is 1.78. The standard InChI is InChI=1S/C15H18ClN3O/c1-11(8-13-4-3-5-14(16)9-13)18-15(20)12(2)19-7-6-17-10-19/h3-7,9-12H,8H2,1-2H3,(H,18,20)/t11-,12-/m0/s1. The molecule has 2 rings (SSSR count). The average Bonchev–Trinajstić information content (AvgIpc) is 2.91. The minimum Gasteiger partial charge on any atom is -0.352 e. The summed E-state index contributed by atoms with van der Waals surface area (Å²) in [6.07, 6.45) is 5.85. The maximum Gasteiger partial charge on any atom is 0.243 e. The van der Waals surface area contributed by atoms with Gasteiger partial charge in [-0.25, -0.2) is 4.98 Å². The topological polar surface area (TPSA) is 46.9 Å². The van der Waals surface area contributed by atoms with E-state index in [-0.39, 0.29) is 18.0 Å². The molecule has 1 amide bonds. The van der Waals surface area contributed by atoms with Gasteiger partial charge in [0.1, 0.15) is 6.04 Å². The lowest BCUT2D eigenvalue weighted by Crippen LogP contribution is -2.38. The zero-order valence-electron chi connectivity index (χ0n) is 11.6. The van der Waals surface area contributed by atoms with Gasteiger partial charge >= 0.3 is 0 Å². The van der Waals surface area contributed by atoms with Gasteiger partial charge in [0.15, 0.2) is 0 Å². The average molecular weight is 292 g/mol. The fourth-order valence-electron chi connectivity index (χ4n) is 2.07. The second-order valence-electron chi connectivity index (χ2n) is 4.93. The maximum absolute atomic E-state index is 12.1. The zero-order valence-corrected chi connectivity index (χ0v) is 12.3. The summed E-state index contributed by atoms with van der Waals surface area (Å²) in [4.78, 5) is 16.1. The SMILES string of the molecule is C[C@@H](Cc1cccc(Cl)c1)NC(=O)[C@H](C)n1ccnc1. The van der Waals surface area contributed by atoms with Crippen LogP contribution < -0.4 is 5.32 Å². The Kier molecular flexibility index (Phi) is 4.79. The number of hydrogen-bond donors (Lipinski definition) is 1. The van der Waals surface area contributed by atoms with Crippen molar-refractivity contribution in [3.8, 4) is 0 Å². The third-order valence-electron chi connectivity index (χ3n) is 3.17. The Morgan fingerprint density at radius 3 is 2.90 bits per heavy atom. The van der Waals surface area contributed by atoms with Crippen LogP contribution in [0.3, 0.4) is 0 Å². The molecule has 5 heteroatoms. The minimum atomic E-state index is -0.265. The van der Waals surface area contributed by atoms with Gasteiger partial charge in [0.05, 0.1) is 6.33 Å². The lowest BCUT2D eigenvalue weighted by atomic mass is 10.1. The normalized spacial score (nSPS) is 13.8. The van der Waals surface area contributed by atoms with Crippen LogP contribution >= 0.6 is 11.6 Å². The van der Waals surface area contributed by atoms with E-state index in [0.717, 1.165) is 12.0 Å². The Balaban J connectivity index is 1.91. The molecule has 0 saturated carbocycles. The van der Waals surface area contributed by atoms with Crippen molar-refractivity contribution < 1.29 is 4.79 Å². The van der Waals surface area contributed by atoms with Crippen LogP contribution in [-0.4, -0.2) is 21.5 Å². The molecule has 1 N–H and O–H groups in total. The van der Waals surface area contributed by atoms with Crippen molar-refractivity contribution in [1.82, 2.24) is 14.9 Å². The molecule has 0 aliphatic heterocycles. The molecule has 0 radical (unpaired) electrons. The number of aromatic nitrogens is 2. The van der Waals surface area contributed by atoms with Crippen molar-refractivity contribution in [2.45, 2.75) is 32.4 Å². The van der Waals surface area contributed by atoms with Crippen molar-refractivity contribution >= 4 is 17.5 Å². The molecule has 2 atom stereocenters. The molecule has 1 aromatic heterocycles. The monoisotopic (exact) mass is 291 g/mol. The van der Waals surface area contributed by atoms with Gasteiger partial charge in [-0.05, 0) is 38.0 Å². The highest BCUT2D eigenvalue weighted by Crippen LogP contribution is 2.13. The fourth-order valence-corrected chi connectivity index (χ4v) is 2.28. The van der Waals surface area contributed by atoms with Gasteiger partial charge in [-0.2, -0.15) is 0 Å². The number of carbonyl (C=O) groups is 1. The first-order valence-electron chi connectivity index (χ1n) is 6.58. The molecular formula is C15H18ClN3O. The van der Waals surface area contributed by atoms with E-state index in [1.807, 2.05) is 38.1 Å². The molecule has 0 unspecified atom stereocenters. The first-order valence-corrected chi connectivity index (χ1v) is 6.96. The van der Waals surface area contributed by atoms with E-state index in [9.17, 15) is 4.79 Å². The summed E-state index contributed by atoms with van der Waals surface area (Å²) in [5.74, 6) is -0.0162. The van der Waals surface area contributed by atoms with Crippen molar-refractivity contribution in [3.05, 3.63) is 53.6 Å². The van der Waals surface area contributed by atoms with E-state index in [1.165, 1.54) is 0 Å². The second-order valence-corrected chi connectivity index (χ2v) is 5.37. The van der Waals surface area contributed by atoms with Crippen LogP contribution in [0.25, 0.3) is 0 Å². The van der Waals surface area contributed by atoms with Gasteiger partial charge in [0.2, 0.25) is 5.91 Å². The van der Waals surface area contributed by atoms with Gasteiger partial charge in [-0.3, -0.25) is 4.79 Å². The number of nitrogens with one attached hydrogen (secondary N) is 1. The van der Waals surface area contributed by atoms with E-state index in [2.05, 4.69) is 10.3 Å². The van der Waals surface area contributed by atoms with E-state index >= 15 is 0 Å². The number of carbonyl (C=O) groups excluding carboxylic acids is 1. The van der Waals surface area contributed by atoms with Gasteiger partial charge in [-0.1, -0.05) is 23.7 Å². The van der Waals surface area contributed by atoms with Gasteiger partial charge in [0.25, 0.3) is 0 Å². The molecule has 106 valence electrons. The smallest absolute Gasteiger partial charge is 0.243 e. The summed E-state index contributed by atoms with van der Waals surface area (Å²) in [7, 11) is 0. The molecule has 0 aliphatic carbocycles. The Hall–Kier alpha value is -1.81. The first kappa shape index (κ1) is 14.6. The van der Waals surface area contributed by atoms with E-state index in [0.29, 0.717) is 5.02 Å². The Labute approximate surface area is 123 Å². The highest BCUT2D eigenvalue weighted by molar-refractivity contribution is 6.30. The van der Waals surface area contributed by atoms with Crippen LogP contribution in [0.1, 0.15) is 25.5 Å². The molecule has 0 fully saturated rings. The highest BCUT2D eigenvalue weighted by Gasteiger charge is 2.16. The van der Waals surface area contributed by atoms with Gasteiger partial charge in [0, 0.05) is 23.5 Å². The molecular weight excluding hydrogens is 274 g/mol. The molecule has 0 saturated heterocycles. The molecule has 1 aromatic carbocycles. The van der Waals surface area contributed by atoms with Crippen LogP contribution in [0.15, 0.2) is 43.0 Å². The predicted molar refractivity (Wildman–Crippen MR) is 79.7 cm³/mol. The highest BCUT2D eigenvalue weighted by atomic mass is 35.5. The zero-order chi connectivity index (χ0) is 14.5. The van der Waals surface area contributed by atoms with Crippen molar-refractivity contribution in [2.75, 3.05) is 0 Å². The van der Waals surface area contributed by atoms with Crippen LogP contribution in [0.2, 0.25) is 5.02 Å². The number of rotatable bonds is 5. The van der Waals surface area contributed by atoms with Crippen LogP contribution in [0.4, 0.5) is 0 Å². The quantitative estimate of drug-likeness (QED) is 0.921. The summed E-state index contributed by atoms with van der Waals surface area (Å²) in [6, 6.07) is 7.47. The van der Waals surface area contributed by atoms with Crippen LogP contribution in [0, 0.1) is 0 Å². The van der Waals surface area contributed by atoms with Crippen molar-refractivity contribution in [1.29, 1.82) is 0 Å². The lowest BCUT2D eigenvalue weighted by molar-refractivity contribution is -0.124. The molecule has 0 aliphatic rings. The van der Waals surface area contributed by atoms with Crippen LogP contribution in [-0.2, 0) is 11.2 Å². The van der Waals surface area contributed by atoms with Crippen molar-refractivity contribution in [2.24, 2.45) is 0 Å². The summed E-state index contributed by atoms with van der Waals surface area (Å²) in [6.45, 7) is 3.84. The Bertz CT molecular complexity index is 568. The minimum absolute atomic E-state index is 0.0162. The Morgan fingerprint density at radius 2 is 2.25 bits per heavy atom. The maximum atomic E-state index is 12.1. The second kappa shape index (κ2) is 6.57. The van der Waals surface area contributed by atoms with E-state index in [1.54, 1.807) is 23.3 Å². The predicted octanol–water partition coefficient (Wildman–Crippen LogP) is 2.84. The number of imidazole rings is 1. The molecule has 0 bridgehead atoms. The third-order valence-corrected chi connectivity index (χ3v) is 3.41. The molecule has 0 spiro atoms. The van der Waals surface area contributed by atoms with Gasteiger partial charge < -0.3 is 9.88 Å². The first-order chi connectivity index (χ1) is 9.56. The third kappa shape index (κ3) is 3.84. The summed E-state index contributed by atoms with van der Waals surface area (Å²) in [5.41, 5.74) is 1.11. The lowest BCUT2D eigenvalue weighted by Gasteiger charge is -2.18. The van der Waals surface area contributed by atoms with Gasteiger partial charge in [-0.15, -0.1) is 0 Å². The number of hydrogen-bond acceptors (Lipinski definition) is 2. The number of nitrogens with zero attached hydrogens (tertiary/aromatic N) is 2. The summed E-state index contributed by atoms with van der Waals surface area (Å²) in [5, 5.41) is 3.72. The number of benzene rings is 1.